The van der Waals surface area contributed by atoms with Gasteiger partial charge in [-0.15, -0.1) is 0 Å². The summed E-state index contributed by atoms with van der Waals surface area (Å²) in [5.74, 6) is 1.06. The molecular weight excluding hydrogens is 316 g/mol. The van der Waals surface area contributed by atoms with Gasteiger partial charge in [0.15, 0.2) is 11.5 Å². The standard InChI is InChI=1S/C19H18N4O2/c1-19(2)17(24)16(13-10-11(21-3)8-9-15(13)25-19)23-14-7-5-4-6-12(14)18(20)22-23/h4-10,16-17,24H,1-2H3,(H2,20,22)/t16-,17+/m1/s1. The molecule has 2 aromatic carbocycles. The topological polar surface area (TPSA) is 77.7 Å². The van der Waals surface area contributed by atoms with Gasteiger partial charge < -0.3 is 15.6 Å². The molecule has 1 aliphatic rings. The minimum absolute atomic E-state index is 0.412. The van der Waals surface area contributed by atoms with Crippen molar-refractivity contribution >= 4 is 22.4 Å². The number of aliphatic hydroxyl groups excluding tert-OH is 1. The normalized spacial score (nSPS) is 21.4. The number of anilines is 1. The summed E-state index contributed by atoms with van der Waals surface area (Å²) in [5, 5.41) is 16.3. The molecule has 2 heterocycles. The molecule has 3 aromatic rings. The van der Waals surface area contributed by atoms with E-state index in [0.29, 0.717) is 17.3 Å². The van der Waals surface area contributed by atoms with Crippen LogP contribution in [0.25, 0.3) is 15.7 Å². The van der Waals surface area contributed by atoms with E-state index >= 15 is 0 Å². The molecule has 6 nitrogen and oxygen atoms in total. The van der Waals surface area contributed by atoms with Gasteiger partial charge in [0.05, 0.1) is 12.1 Å². The molecule has 0 spiro atoms. The minimum Gasteiger partial charge on any atom is -0.485 e. The van der Waals surface area contributed by atoms with Gasteiger partial charge in [-0.3, -0.25) is 4.68 Å². The number of rotatable bonds is 1. The van der Waals surface area contributed by atoms with Crippen molar-refractivity contribution in [2.75, 3.05) is 5.73 Å². The van der Waals surface area contributed by atoms with E-state index in [0.717, 1.165) is 16.5 Å². The first kappa shape index (κ1) is 15.5. The zero-order valence-corrected chi connectivity index (χ0v) is 14.0. The Bertz CT molecular complexity index is 1020. The van der Waals surface area contributed by atoms with Crippen LogP contribution in [-0.4, -0.2) is 26.6 Å². The number of hydrogen-bond donors (Lipinski definition) is 2. The highest BCUT2D eigenvalue weighted by molar-refractivity contribution is 5.89. The molecule has 0 aliphatic carbocycles. The van der Waals surface area contributed by atoms with Crippen LogP contribution in [0.5, 0.6) is 5.75 Å². The zero-order chi connectivity index (χ0) is 17.8. The molecule has 0 saturated heterocycles. The fourth-order valence-corrected chi connectivity index (χ4v) is 3.41. The highest BCUT2D eigenvalue weighted by atomic mass is 16.5. The maximum atomic E-state index is 11.0. The van der Waals surface area contributed by atoms with E-state index in [1.165, 1.54) is 0 Å². The van der Waals surface area contributed by atoms with Crippen LogP contribution in [0, 0.1) is 6.57 Å². The molecular formula is C19H18N4O2. The molecule has 3 N–H and O–H groups in total. The number of nitrogens with two attached hydrogens (primary N) is 1. The molecule has 126 valence electrons. The Morgan fingerprint density at radius 1 is 1.28 bits per heavy atom. The summed E-state index contributed by atoms with van der Waals surface area (Å²) in [6, 6.07) is 12.4. The third-order valence-corrected chi connectivity index (χ3v) is 4.73. The van der Waals surface area contributed by atoms with Crippen molar-refractivity contribution in [3.8, 4) is 5.75 Å². The first-order valence-electron chi connectivity index (χ1n) is 8.03. The van der Waals surface area contributed by atoms with Crippen LogP contribution in [0.4, 0.5) is 11.5 Å². The number of nitrogens with zero attached hydrogens (tertiary/aromatic N) is 3. The molecule has 0 amide bonds. The maximum absolute atomic E-state index is 11.0. The van der Waals surface area contributed by atoms with Crippen molar-refractivity contribution in [2.45, 2.75) is 31.6 Å². The number of benzene rings is 2. The fraction of sp³-hybridized carbons (Fsp3) is 0.263. The minimum atomic E-state index is -0.858. The van der Waals surface area contributed by atoms with Crippen LogP contribution >= 0.6 is 0 Å². The van der Waals surface area contributed by atoms with Crippen LogP contribution in [0.3, 0.4) is 0 Å². The van der Waals surface area contributed by atoms with Gasteiger partial charge >= 0.3 is 0 Å². The average Bonchev–Trinajstić information content (AvgIpc) is 2.92. The molecule has 0 fully saturated rings. The maximum Gasteiger partial charge on any atom is 0.187 e. The molecule has 0 unspecified atom stereocenters. The van der Waals surface area contributed by atoms with Crippen molar-refractivity contribution in [1.82, 2.24) is 9.78 Å². The number of aromatic nitrogens is 2. The highest BCUT2D eigenvalue weighted by Gasteiger charge is 2.44. The third kappa shape index (κ3) is 2.24. The predicted octanol–water partition coefficient (Wildman–Crippen LogP) is 3.29. The second kappa shape index (κ2) is 5.23. The van der Waals surface area contributed by atoms with Crippen molar-refractivity contribution < 1.29 is 9.84 Å². The number of ether oxygens (including phenoxy) is 1. The van der Waals surface area contributed by atoms with E-state index in [4.69, 9.17) is 17.0 Å². The Morgan fingerprint density at radius 2 is 2.04 bits per heavy atom. The van der Waals surface area contributed by atoms with Crippen LogP contribution in [0.2, 0.25) is 0 Å². The van der Waals surface area contributed by atoms with E-state index in [-0.39, 0.29) is 0 Å². The smallest absolute Gasteiger partial charge is 0.187 e. The molecule has 0 bridgehead atoms. The van der Waals surface area contributed by atoms with Crippen molar-refractivity contribution in [1.29, 1.82) is 0 Å². The van der Waals surface area contributed by atoms with E-state index < -0.39 is 17.7 Å². The lowest BCUT2D eigenvalue weighted by Gasteiger charge is -2.42. The first-order chi connectivity index (χ1) is 11.9. The Balaban J connectivity index is 2.01. The van der Waals surface area contributed by atoms with Crippen molar-refractivity contribution in [2.24, 2.45) is 0 Å². The summed E-state index contributed by atoms with van der Waals surface area (Å²) in [4.78, 5) is 3.49. The van der Waals surface area contributed by atoms with Gasteiger partial charge in [-0.25, -0.2) is 4.85 Å². The Morgan fingerprint density at radius 3 is 2.80 bits per heavy atom. The second-order valence-electron chi connectivity index (χ2n) is 6.78. The van der Waals surface area contributed by atoms with E-state index in [9.17, 15) is 5.11 Å². The Hall–Kier alpha value is -3.04. The predicted molar refractivity (Wildman–Crippen MR) is 95.7 cm³/mol. The number of nitrogen functional groups attached to an aromatic ring is 1. The van der Waals surface area contributed by atoms with Crippen LogP contribution < -0.4 is 10.5 Å². The lowest BCUT2D eigenvalue weighted by Crippen LogP contribution is -2.50. The summed E-state index contributed by atoms with van der Waals surface area (Å²) in [6.07, 6.45) is -0.858. The first-order valence-corrected chi connectivity index (χ1v) is 8.03. The quantitative estimate of drug-likeness (QED) is 0.670. The van der Waals surface area contributed by atoms with Crippen LogP contribution in [0.15, 0.2) is 42.5 Å². The molecule has 6 heteroatoms. The summed E-state index contributed by atoms with van der Waals surface area (Å²) >= 11 is 0. The third-order valence-electron chi connectivity index (χ3n) is 4.73. The molecule has 4 rings (SSSR count). The van der Waals surface area contributed by atoms with E-state index in [1.54, 1.807) is 22.9 Å². The number of fused-ring (bicyclic) bond motifs is 2. The monoisotopic (exact) mass is 334 g/mol. The lowest BCUT2D eigenvalue weighted by atomic mass is 9.86. The largest absolute Gasteiger partial charge is 0.485 e. The van der Waals surface area contributed by atoms with Crippen LogP contribution in [0.1, 0.15) is 25.5 Å². The summed E-state index contributed by atoms with van der Waals surface area (Å²) in [7, 11) is 0. The summed E-state index contributed by atoms with van der Waals surface area (Å²) < 4.78 is 7.72. The molecule has 2 atom stereocenters. The van der Waals surface area contributed by atoms with Crippen molar-refractivity contribution in [3.05, 3.63) is 59.4 Å². The number of hydrogen-bond acceptors (Lipinski definition) is 4. The van der Waals surface area contributed by atoms with Gasteiger partial charge in [-0.1, -0.05) is 18.2 Å². The van der Waals surface area contributed by atoms with Gasteiger partial charge in [0.1, 0.15) is 23.5 Å². The van der Waals surface area contributed by atoms with E-state index in [1.807, 2.05) is 38.1 Å². The molecule has 0 saturated carbocycles. The highest BCUT2D eigenvalue weighted by Crippen LogP contribution is 2.44. The van der Waals surface area contributed by atoms with E-state index in [2.05, 4.69) is 9.94 Å². The second-order valence-corrected chi connectivity index (χ2v) is 6.78. The average molecular weight is 334 g/mol. The van der Waals surface area contributed by atoms with Gasteiger partial charge in [0.25, 0.3) is 0 Å². The Kier molecular flexibility index (Phi) is 3.24. The summed E-state index contributed by atoms with van der Waals surface area (Å²) in [6.45, 7) is 11.0. The lowest BCUT2D eigenvalue weighted by molar-refractivity contribution is -0.0649. The SMILES string of the molecule is [C-]#[N+]c1ccc2c(c1)[C@@H](n1nc(N)c3ccccc31)[C@H](O)C(C)(C)O2. The zero-order valence-electron chi connectivity index (χ0n) is 14.0. The summed E-state index contributed by atoms with van der Waals surface area (Å²) in [5.41, 5.74) is 7.33. The number of para-hydroxylation sites is 1. The van der Waals surface area contributed by atoms with Gasteiger partial charge in [0.2, 0.25) is 0 Å². The van der Waals surface area contributed by atoms with Crippen LogP contribution in [-0.2, 0) is 0 Å². The van der Waals surface area contributed by atoms with Gasteiger partial charge in [0, 0.05) is 10.9 Å². The fourth-order valence-electron chi connectivity index (χ4n) is 3.41. The molecule has 25 heavy (non-hydrogen) atoms. The number of aliphatic hydroxyl groups is 1. The van der Waals surface area contributed by atoms with Gasteiger partial charge in [-0.2, -0.15) is 5.10 Å². The van der Waals surface area contributed by atoms with Gasteiger partial charge in [-0.05, 0) is 38.1 Å². The molecule has 0 radical (unpaired) electrons. The molecule has 1 aromatic heterocycles. The molecule has 1 aliphatic heterocycles. The van der Waals surface area contributed by atoms with Crippen molar-refractivity contribution in [3.63, 3.8) is 0 Å². The Labute approximate surface area is 145 Å².